The molecule has 2 aliphatic rings. The molecule has 2 fully saturated rings. The minimum atomic E-state index is -2.75. The van der Waals surface area contributed by atoms with E-state index in [1.54, 1.807) is 6.20 Å². The highest BCUT2D eigenvalue weighted by Gasteiger charge is 2.51. The molecule has 0 saturated carbocycles. The van der Waals surface area contributed by atoms with Gasteiger partial charge in [0.15, 0.2) is 22.1 Å². The van der Waals surface area contributed by atoms with Crippen LogP contribution in [0.15, 0.2) is 46.1 Å². The molecular weight excluding hydrogens is 627 g/mol. The number of benzene rings is 1. The van der Waals surface area contributed by atoms with Crippen LogP contribution in [0.5, 0.6) is 0 Å². The summed E-state index contributed by atoms with van der Waals surface area (Å²) in [6.07, 6.45) is -1.56. The van der Waals surface area contributed by atoms with Crippen molar-refractivity contribution in [2.45, 2.75) is 45.3 Å². The third-order valence-corrected chi connectivity index (χ3v) is 9.60. The van der Waals surface area contributed by atoms with Gasteiger partial charge in [-0.15, -0.1) is 0 Å². The van der Waals surface area contributed by atoms with E-state index in [2.05, 4.69) is 68.8 Å². The molecule has 4 aromatic rings. The highest BCUT2D eigenvalue weighted by atomic mass is 79.9. The van der Waals surface area contributed by atoms with E-state index in [1.807, 2.05) is 30.3 Å². The Hall–Kier alpha value is -1.61. The number of fused-ring (bicyclic) bond motifs is 3. The van der Waals surface area contributed by atoms with Crippen molar-refractivity contribution in [1.82, 2.24) is 28.8 Å². The lowest BCUT2D eigenvalue weighted by Crippen LogP contribution is -2.38. The Morgan fingerprint density at radius 2 is 1.92 bits per heavy atom. The van der Waals surface area contributed by atoms with Crippen LogP contribution in [0.1, 0.15) is 27.0 Å². The first-order valence-corrected chi connectivity index (χ1v) is 17.2. The van der Waals surface area contributed by atoms with Crippen molar-refractivity contribution in [2.24, 2.45) is 0 Å². The molecule has 5 heterocycles. The third kappa shape index (κ3) is 5.64. The zero-order valence-corrected chi connectivity index (χ0v) is 25.8. The van der Waals surface area contributed by atoms with Crippen molar-refractivity contribution in [3.8, 4) is 11.3 Å². The fourth-order valence-corrected chi connectivity index (χ4v) is 7.23. The second-order valence-electron chi connectivity index (χ2n) is 9.08. The van der Waals surface area contributed by atoms with Crippen LogP contribution in [-0.4, -0.2) is 78.5 Å². The van der Waals surface area contributed by atoms with E-state index < -0.39 is 30.2 Å². The molecule has 1 unspecified atom stereocenters. The highest BCUT2D eigenvalue weighted by molar-refractivity contribution is 9.10. The molecular formula is C24H30BrN6O5PS2. The van der Waals surface area contributed by atoms with Crippen LogP contribution in [0.2, 0.25) is 0 Å². The number of aromatic nitrogens is 5. The fourth-order valence-electron chi connectivity index (χ4n) is 4.71. The van der Waals surface area contributed by atoms with Crippen LogP contribution in [0.25, 0.3) is 28.2 Å². The van der Waals surface area contributed by atoms with Gasteiger partial charge in [0.2, 0.25) is 11.5 Å². The quantitative estimate of drug-likeness (QED) is 0.167. The lowest BCUT2D eigenvalue weighted by Gasteiger charge is -2.31. The molecule has 0 bridgehead atoms. The van der Waals surface area contributed by atoms with E-state index in [1.165, 1.54) is 28.6 Å². The number of H-pyrrole nitrogens is 1. The number of rotatable bonds is 5. The van der Waals surface area contributed by atoms with Crippen molar-refractivity contribution < 1.29 is 18.9 Å². The average molecular weight is 658 g/mol. The lowest BCUT2D eigenvalue weighted by atomic mass is 10.1. The number of imidazole rings is 2. The number of halogens is 1. The minimum Gasteiger partial charge on any atom is -0.386 e. The summed E-state index contributed by atoms with van der Waals surface area (Å²) in [4.78, 5) is 27.7. The summed E-state index contributed by atoms with van der Waals surface area (Å²) in [6.45, 7) is 10.3. The molecule has 11 nitrogen and oxygen atoms in total. The van der Waals surface area contributed by atoms with Gasteiger partial charge in [0.25, 0.3) is 5.56 Å². The minimum absolute atomic E-state index is 0.134. The summed E-state index contributed by atoms with van der Waals surface area (Å²) < 4.78 is 20.4. The van der Waals surface area contributed by atoms with Crippen molar-refractivity contribution in [3.63, 3.8) is 0 Å². The summed E-state index contributed by atoms with van der Waals surface area (Å²) in [7, 11) is 0. The number of aromatic amines is 1. The van der Waals surface area contributed by atoms with Gasteiger partial charge in [0.1, 0.15) is 18.3 Å². The Labute approximate surface area is 243 Å². The summed E-state index contributed by atoms with van der Waals surface area (Å²) in [6, 6.07) is 9.60. The average Bonchev–Trinajstić information content (AvgIpc) is 3.59. The molecule has 5 atom stereocenters. The summed E-state index contributed by atoms with van der Waals surface area (Å²) in [5, 5.41) is 11.0. The number of aliphatic hydroxyl groups is 1. The first-order valence-electron chi connectivity index (χ1n) is 12.6. The molecule has 0 radical (unpaired) electrons. The van der Waals surface area contributed by atoms with Gasteiger partial charge in [0.05, 0.1) is 12.3 Å². The zero-order valence-electron chi connectivity index (χ0n) is 21.6. The molecule has 0 aliphatic carbocycles. The summed E-state index contributed by atoms with van der Waals surface area (Å²) in [5.41, 5.74) is -1.05. The summed E-state index contributed by atoms with van der Waals surface area (Å²) >= 11 is 12.8. The maximum atomic E-state index is 13.2. The van der Waals surface area contributed by atoms with Crippen molar-refractivity contribution in [1.29, 1.82) is 0 Å². The number of nitrogens with one attached hydrogen (secondary N) is 1. The molecule has 3 aromatic heterocycles. The van der Waals surface area contributed by atoms with Gasteiger partial charge in [-0.1, -0.05) is 63.4 Å². The fraction of sp³-hybridized carbons (Fsp3) is 0.458. The number of nitrogens with zero attached hydrogens (tertiary/aromatic N) is 5. The second kappa shape index (κ2) is 11.7. The van der Waals surface area contributed by atoms with Gasteiger partial charge in [-0.25, -0.2) is 9.38 Å². The van der Waals surface area contributed by atoms with Gasteiger partial charge in [-0.2, -0.15) is 4.98 Å². The van der Waals surface area contributed by atoms with Gasteiger partial charge in [0, 0.05) is 6.20 Å². The van der Waals surface area contributed by atoms with Crippen LogP contribution in [-0.2, 0) is 25.6 Å². The van der Waals surface area contributed by atoms with Crippen LogP contribution in [0.4, 0.5) is 0 Å². The third-order valence-electron chi connectivity index (χ3n) is 6.86. The SMILES string of the molecule is CCN(CC)CC.O=c1c2nc(Br)n([C@@H]3O[C@@H]4COP(=S)(S)O[C@H]4[C@H]3O)c2nc2[nH]c(-c3ccccc3)cn12. The molecule has 6 rings (SSSR count). The molecule has 1 aromatic carbocycles. The Balaban J connectivity index is 0.000000392. The van der Waals surface area contributed by atoms with Crippen molar-refractivity contribution in [3.05, 3.63) is 51.6 Å². The summed E-state index contributed by atoms with van der Waals surface area (Å²) in [5.74, 6) is 0.338. The molecule has 15 heteroatoms. The lowest BCUT2D eigenvalue weighted by molar-refractivity contribution is -0.0537. The largest absolute Gasteiger partial charge is 0.386 e. The highest BCUT2D eigenvalue weighted by Crippen LogP contribution is 2.59. The topological polar surface area (TPSA) is 119 Å². The van der Waals surface area contributed by atoms with E-state index in [4.69, 9.17) is 25.6 Å². The molecule has 2 N–H and O–H groups in total. The molecule has 2 saturated heterocycles. The number of ether oxygens (including phenoxy) is 1. The van der Waals surface area contributed by atoms with E-state index in [0.29, 0.717) is 10.5 Å². The smallest absolute Gasteiger partial charge is 0.287 e. The molecule has 0 spiro atoms. The Morgan fingerprint density at radius 1 is 1.23 bits per heavy atom. The van der Waals surface area contributed by atoms with Gasteiger partial charge in [-0.05, 0) is 52.9 Å². The monoisotopic (exact) mass is 656 g/mol. The van der Waals surface area contributed by atoms with Gasteiger partial charge < -0.3 is 28.8 Å². The maximum Gasteiger partial charge on any atom is 0.287 e. The molecule has 210 valence electrons. The Morgan fingerprint density at radius 3 is 2.56 bits per heavy atom. The number of hydrogen-bond donors (Lipinski definition) is 3. The number of hydrogen-bond acceptors (Lipinski definition) is 9. The van der Waals surface area contributed by atoms with Crippen LogP contribution >= 0.6 is 33.9 Å². The molecule has 39 heavy (non-hydrogen) atoms. The predicted octanol–water partition coefficient (Wildman–Crippen LogP) is 3.98. The first kappa shape index (κ1) is 28.9. The van der Waals surface area contributed by atoms with Crippen molar-refractivity contribution in [2.75, 3.05) is 26.2 Å². The van der Waals surface area contributed by atoms with E-state index in [9.17, 15) is 9.90 Å². The van der Waals surface area contributed by atoms with Gasteiger partial charge in [-0.3, -0.25) is 9.36 Å². The second-order valence-corrected chi connectivity index (χ2v) is 15.0. The molecule has 2 aliphatic heterocycles. The predicted molar refractivity (Wildman–Crippen MR) is 160 cm³/mol. The maximum absolute atomic E-state index is 13.2. The Kier molecular flexibility index (Phi) is 8.68. The van der Waals surface area contributed by atoms with Gasteiger partial charge >= 0.3 is 0 Å². The Bertz CT molecular complexity index is 1570. The number of thiol groups is 1. The van der Waals surface area contributed by atoms with Crippen LogP contribution < -0.4 is 5.56 Å². The normalized spacial score (nSPS) is 26.6. The molecule has 0 amide bonds. The zero-order chi connectivity index (χ0) is 27.9. The van der Waals surface area contributed by atoms with Crippen LogP contribution in [0.3, 0.4) is 0 Å². The van der Waals surface area contributed by atoms with E-state index in [0.717, 1.165) is 11.3 Å². The van der Waals surface area contributed by atoms with Crippen LogP contribution in [0, 0.1) is 0 Å². The standard InChI is InChI=1S/C18H15BrN5O5PS2.C6H15N/c19-17-21-11-14(24(17)16-12(25)13-10(28-16)7-27-30(31,32)29-13)22-18-20-9(6-23(18)15(11)26)8-4-2-1-3-5-8;1-4-7(5-2)6-3/h1-6,10,12-13,16,25H,7H2,(H,20,22)(H,31,32);4-6H2,1-3H3/t10-,12-,13-,16-;/m1./s1. The first-order chi connectivity index (χ1) is 18.7. The van der Waals surface area contributed by atoms with E-state index >= 15 is 0 Å². The van der Waals surface area contributed by atoms with Crippen molar-refractivity contribution >= 4 is 62.6 Å². The number of aliphatic hydroxyl groups excluding tert-OH is 1. The van der Waals surface area contributed by atoms with E-state index in [-0.39, 0.29) is 23.3 Å².